The van der Waals surface area contributed by atoms with E-state index in [1.54, 1.807) is 38.5 Å². The quantitative estimate of drug-likeness (QED) is 0.553. The molecule has 0 radical (unpaired) electrons. The van der Waals surface area contributed by atoms with Crippen LogP contribution in [0.1, 0.15) is 44.9 Å². The number of hydrogen-bond acceptors (Lipinski definition) is 0. The Bertz CT molecular complexity index is 78.2. The Kier molecular flexibility index (Phi) is 5.54. The van der Waals surface area contributed by atoms with Gasteiger partial charge in [0.1, 0.15) is 0 Å². The molecule has 3 fully saturated rings. The first-order valence-electron chi connectivity index (χ1n) is 4.45. The van der Waals surface area contributed by atoms with Crippen LogP contribution in [0.5, 0.6) is 0 Å². The van der Waals surface area contributed by atoms with Crippen LogP contribution in [-0.2, 0) is 0 Å². The van der Waals surface area contributed by atoms with Gasteiger partial charge in [0.15, 0.2) is 0 Å². The zero-order valence-electron chi connectivity index (χ0n) is 6.92. The maximum Gasteiger partial charge on any atom is -0.0414 e. The van der Waals surface area contributed by atoms with Crippen LogP contribution in [0.4, 0.5) is 0 Å². The van der Waals surface area contributed by atoms with Gasteiger partial charge in [-0.25, -0.2) is 0 Å². The van der Waals surface area contributed by atoms with Crippen LogP contribution >= 0.6 is 24.8 Å². The van der Waals surface area contributed by atoms with E-state index in [1.807, 2.05) is 0 Å². The van der Waals surface area contributed by atoms with Crippen molar-refractivity contribution in [2.24, 2.45) is 11.8 Å². The second-order valence-corrected chi connectivity index (χ2v) is 3.82. The van der Waals surface area contributed by atoms with Crippen molar-refractivity contribution in [3.8, 4) is 0 Å². The molecule has 0 heterocycles. The molecule has 0 N–H and O–H groups in total. The van der Waals surface area contributed by atoms with Gasteiger partial charge in [-0.15, -0.1) is 24.8 Å². The van der Waals surface area contributed by atoms with Gasteiger partial charge in [-0.05, 0) is 11.8 Å². The highest BCUT2D eigenvalue weighted by Gasteiger charge is 2.24. The summed E-state index contributed by atoms with van der Waals surface area (Å²) in [4.78, 5) is 0. The average molecular weight is 197 g/mol. The van der Waals surface area contributed by atoms with Crippen LogP contribution in [0, 0.1) is 11.8 Å². The number of rotatable bonds is 0. The van der Waals surface area contributed by atoms with Gasteiger partial charge in [-0.3, -0.25) is 0 Å². The van der Waals surface area contributed by atoms with Crippen LogP contribution in [0.2, 0.25) is 0 Å². The van der Waals surface area contributed by atoms with E-state index in [0.29, 0.717) is 0 Å². The fourth-order valence-electron chi connectivity index (χ4n) is 2.50. The number of fused-ring (bicyclic) bond motifs is 4. The molecule has 0 nitrogen and oxygen atoms in total. The van der Waals surface area contributed by atoms with Crippen LogP contribution in [0.15, 0.2) is 0 Å². The molecule has 3 aliphatic carbocycles. The molecule has 3 saturated carbocycles. The van der Waals surface area contributed by atoms with Crippen molar-refractivity contribution in [2.75, 3.05) is 0 Å². The van der Waals surface area contributed by atoms with Gasteiger partial charge >= 0.3 is 0 Å². The standard InChI is InChI=1S/C9H16.2ClH/c1-2-8-4-6-9(3-1)7-5-8;;/h8-9H,1-7H2;2*1H. The van der Waals surface area contributed by atoms with Gasteiger partial charge in [0, 0.05) is 0 Å². The lowest BCUT2D eigenvalue weighted by atomic mass is 9.84. The van der Waals surface area contributed by atoms with Gasteiger partial charge in [0.25, 0.3) is 0 Å². The van der Waals surface area contributed by atoms with E-state index in [4.69, 9.17) is 0 Å². The lowest BCUT2D eigenvalue weighted by Crippen LogP contribution is -2.08. The Morgan fingerprint density at radius 3 is 1.27 bits per heavy atom. The summed E-state index contributed by atoms with van der Waals surface area (Å²) in [5.74, 6) is 2.28. The molecule has 2 bridgehead atoms. The minimum atomic E-state index is 0. The van der Waals surface area contributed by atoms with E-state index in [2.05, 4.69) is 0 Å². The smallest absolute Gasteiger partial charge is 0.0414 e. The summed E-state index contributed by atoms with van der Waals surface area (Å²) < 4.78 is 0. The molecular weight excluding hydrogens is 179 g/mol. The summed E-state index contributed by atoms with van der Waals surface area (Å²) in [6.07, 6.45) is 10.9. The van der Waals surface area contributed by atoms with Crippen molar-refractivity contribution in [1.29, 1.82) is 0 Å². The van der Waals surface area contributed by atoms with Gasteiger partial charge in [0.05, 0.1) is 0 Å². The van der Waals surface area contributed by atoms with Crippen LogP contribution in [0.25, 0.3) is 0 Å². The summed E-state index contributed by atoms with van der Waals surface area (Å²) in [5.41, 5.74) is 0. The maximum absolute atomic E-state index is 1.56. The summed E-state index contributed by atoms with van der Waals surface area (Å²) in [5, 5.41) is 0. The van der Waals surface area contributed by atoms with Gasteiger partial charge in [0.2, 0.25) is 0 Å². The van der Waals surface area contributed by atoms with E-state index in [-0.39, 0.29) is 24.8 Å². The number of hydrogen-bond donors (Lipinski definition) is 0. The third kappa shape index (κ3) is 2.83. The van der Waals surface area contributed by atoms with Crippen molar-refractivity contribution < 1.29 is 0 Å². The fraction of sp³-hybridized carbons (Fsp3) is 1.00. The molecule has 3 rings (SSSR count). The molecule has 0 aliphatic heterocycles. The van der Waals surface area contributed by atoms with Gasteiger partial charge < -0.3 is 0 Å². The highest BCUT2D eigenvalue weighted by Crippen LogP contribution is 2.38. The second kappa shape index (κ2) is 5.27. The predicted molar refractivity (Wildman–Crippen MR) is 53.8 cm³/mol. The van der Waals surface area contributed by atoms with Crippen molar-refractivity contribution >= 4 is 24.8 Å². The third-order valence-corrected chi connectivity index (χ3v) is 3.19. The molecule has 0 aromatic carbocycles. The molecule has 0 atom stereocenters. The molecule has 68 valence electrons. The van der Waals surface area contributed by atoms with Gasteiger partial charge in [-0.1, -0.05) is 44.9 Å². The van der Waals surface area contributed by atoms with Crippen molar-refractivity contribution in [2.45, 2.75) is 44.9 Å². The molecule has 0 saturated heterocycles. The Morgan fingerprint density at radius 2 is 0.909 bits per heavy atom. The molecule has 0 spiro atoms. The Labute approximate surface area is 82.0 Å². The van der Waals surface area contributed by atoms with E-state index >= 15 is 0 Å². The van der Waals surface area contributed by atoms with Crippen LogP contribution in [-0.4, -0.2) is 0 Å². The molecule has 0 aromatic rings. The van der Waals surface area contributed by atoms with Crippen molar-refractivity contribution in [3.05, 3.63) is 0 Å². The minimum absolute atomic E-state index is 0. The summed E-state index contributed by atoms with van der Waals surface area (Å²) >= 11 is 0. The lowest BCUT2D eigenvalue weighted by Gasteiger charge is -2.22. The lowest BCUT2D eigenvalue weighted by molar-refractivity contribution is 0.308. The number of halogens is 2. The maximum atomic E-state index is 1.56. The Morgan fingerprint density at radius 1 is 0.545 bits per heavy atom. The SMILES string of the molecule is C1CC2CCC(C1)CC2.Cl.Cl. The highest BCUT2D eigenvalue weighted by molar-refractivity contribution is 5.85. The first-order valence-corrected chi connectivity index (χ1v) is 4.45. The summed E-state index contributed by atoms with van der Waals surface area (Å²) in [6.45, 7) is 0. The monoisotopic (exact) mass is 196 g/mol. The first kappa shape index (κ1) is 11.6. The molecular formula is C9H18Cl2. The van der Waals surface area contributed by atoms with Crippen LogP contribution < -0.4 is 0 Å². The van der Waals surface area contributed by atoms with Crippen molar-refractivity contribution in [1.82, 2.24) is 0 Å². The van der Waals surface area contributed by atoms with E-state index < -0.39 is 0 Å². The Balaban J connectivity index is 0.000000500. The molecule has 3 aliphatic rings. The summed E-state index contributed by atoms with van der Waals surface area (Å²) in [7, 11) is 0. The molecule has 0 aromatic heterocycles. The normalized spacial score (nSPS) is 34.9. The van der Waals surface area contributed by atoms with E-state index in [9.17, 15) is 0 Å². The fourth-order valence-corrected chi connectivity index (χ4v) is 2.50. The summed E-state index contributed by atoms with van der Waals surface area (Å²) in [6, 6.07) is 0. The van der Waals surface area contributed by atoms with E-state index in [0.717, 1.165) is 11.8 Å². The largest absolute Gasteiger partial charge is 0.147 e. The molecule has 0 unspecified atom stereocenters. The predicted octanol–water partition coefficient (Wildman–Crippen LogP) is 3.82. The average Bonchev–Trinajstić information content (AvgIpc) is 2.21. The first-order chi connectivity index (χ1) is 4.45. The van der Waals surface area contributed by atoms with Crippen LogP contribution in [0.3, 0.4) is 0 Å². The van der Waals surface area contributed by atoms with E-state index in [1.165, 1.54) is 6.42 Å². The zero-order chi connectivity index (χ0) is 6.10. The highest BCUT2D eigenvalue weighted by atomic mass is 35.5. The zero-order valence-corrected chi connectivity index (χ0v) is 8.55. The second-order valence-electron chi connectivity index (χ2n) is 3.82. The minimum Gasteiger partial charge on any atom is -0.147 e. The molecule has 0 amide bonds. The Hall–Kier alpha value is 0.580. The van der Waals surface area contributed by atoms with Gasteiger partial charge in [-0.2, -0.15) is 0 Å². The topological polar surface area (TPSA) is 0 Å². The third-order valence-electron chi connectivity index (χ3n) is 3.19. The molecule has 11 heavy (non-hydrogen) atoms. The van der Waals surface area contributed by atoms with Crippen molar-refractivity contribution in [3.63, 3.8) is 0 Å². The molecule has 2 heteroatoms.